The van der Waals surface area contributed by atoms with Gasteiger partial charge in [-0.3, -0.25) is 4.79 Å². The highest BCUT2D eigenvalue weighted by molar-refractivity contribution is 5.81. The molecule has 1 spiro atoms. The molecule has 0 unspecified atom stereocenters. The SMILES string of the molecule is C[C@@H]1CC[C@@]2(OC1)O[C@H]1C[C@H]3[C@@H]4CC=C5C[C@@H](O[C@@H]6O[C@H](COCCNC(=O)C(F)(F)F)[C@@H](O[C@@H]7O[C@@H](C)[C@H](O)[C@@H](O)[C@H]7O)[C@H](O)[C@H]6O[C@@H]6O[C@@H](C)[C@H](O)[C@@H](O)[C@H]6O)CC[C@]5(C)[C@H]4CC[C@]3(C)[C@H]1[C@@H]2C. The highest BCUT2D eigenvalue weighted by Gasteiger charge is 2.69. The minimum absolute atomic E-state index is 0.110. The molecule has 8 N–H and O–H groups in total. The number of halogens is 3. The number of ether oxygens (including phenoxy) is 9. The summed E-state index contributed by atoms with van der Waals surface area (Å²) in [5.41, 5.74) is 1.30. The van der Waals surface area contributed by atoms with Crippen LogP contribution in [0.25, 0.3) is 0 Å². The fourth-order valence-electron chi connectivity index (χ4n) is 14.5. The van der Waals surface area contributed by atoms with Crippen molar-refractivity contribution in [3.05, 3.63) is 11.6 Å². The van der Waals surface area contributed by atoms with E-state index in [1.807, 2.05) is 0 Å². The zero-order valence-electron chi connectivity index (χ0n) is 40.9. The van der Waals surface area contributed by atoms with Crippen LogP contribution in [0.2, 0.25) is 0 Å². The van der Waals surface area contributed by atoms with E-state index in [2.05, 4.69) is 33.8 Å². The molecule has 5 aliphatic heterocycles. The Morgan fingerprint density at radius 3 is 2.06 bits per heavy atom. The van der Waals surface area contributed by atoms with Crippen molar-refractivity contribution in [2.24, 2.45) is 46.3 Å². The number of fused-ring (bicyclic) bond motifs is 7. The number of allylic oxidation sites excluding steroid dienone is 1. The lowest BCUT2D eigenvalue weighted by molar-refractivity contribution is -0.389. The Balaban J connectivity index is 0.937. The van der Waals surface area contributed by atoms with Crippen molar-refractivity contribution in [1.29, 1.82) is 0 Å². The molecule has 5 heterocycles. The molecule has 9 rings (SSSR count). The Kier molecular flexibility index (Phi) is 15.3. The van der Waals surface area contributed by atoms with E-state index in [1.54, 1.807) is 5.32 Å². The maximum absolute atomic E-state index is 12.9. The first-order valence-electron chi connectivity index (χ1n) is 25.6. The first-order valence-corrected chi connectivity index (χ1v) is 25.6. The van der Waals surface area contributed by atoms with Gasteiger partial charge in [-0.2, -0.15) is 13.2 Å². The van der Waals surface area contributed by atoms with Crippen LogP contribution in [0.1, 0.15) is 99.3 Å². The van der Waals surface area contributed by atoms with E-state index < -0.39 is 136 Å². The van der Waals surface area contributed by atoms with Crippen LogP contribution in [0, 0.1) is 46.3 Å². The number of aliphatic hydroxyl groups is 7. The van der Waals surface area contributed by atoms with Crippen molar-refractivity contribution in [1.82, 2.24) is 5.32 Å². The van der Waals surface area contributed by atoms with Crippen LogP contribution in [0.3, 0.4) is 0 Å². The van der Waals surface area contributed by atoms with Crippen LogP contribution >= 0.6 is 0 Å². The number of aliphatic hydroxyl groups excluding tert-OH is 7. The van der Waals surface area contributed by atoms with Crippen LogP contribution in [-0.4, -0.2) is 184 Å². The first kappa shape index (κ1) is 53.2. The van der Waals surface area contributed by atoms with Crippen molar-refractivity contribution in [2.75, 3.05) is 26.4 Å². The van der Waals surface area contributed by atoms with Gasteiger partial charge in [0.25, 0.3) is 0 Å². The summed E-state index contributed by atoms with van der Waals surface area (Å²) in [7, 11) is 0. The Labute approximate surface area is 406 Å². The average Bonchev–Trinajstić information content (AvgIpc) is 3.76. The van der Waals surface area contributed by atoms with Crippen molar-refractivity contribution >= 4 is 5.91 Å². The Hall–Kier alpha value is -1.64. The van der Waals surface area contributed by atoms with Crippen LogP contribution < -0.4 is 5.32 Å². The lowest BCUT2D eigenvalue weighted by Crippen LogP contribution is -2.66. The van der Waals surface area contributed by atoms with Gasteiger partial charge in [0.1, 0.15) is 61.0 Å². The molecule has 3 saturated carbocycles. The van der Waals surface area contributed by atoms with Gasteiger partial charge in [-0.1, -0.05) is 39.3 Å². The lowest BCUT2D eigenvalue weighted by atomic mass is 9.47. The number of hydrogen-bond donors (Lipinski definition) is 8. The average molecular weight is 1010 g/mol. The maximum Gasteiger partial charge on any atom is 0.471 e. The smallest absolute Gasteiger partial charge is 0.388 e. The number of carbonyl (C=O) groups excluding carboxylic acids is 1. The second-order valence-electron chi connectivity index (χ2n) is 22.7. The summed E-state index contributed by atoms with van der Waals surface area (Å²) in [4.78, 5) is 11.5. The molecule has 26 atom stereocenters. The number of hydrogen-bond acceptors (Lipinski definition) is 17. The van der Waals surface area contributed by atoms with Gasteiger partial charge in [0.2, 0.25) is 0 Å². The minimum Gasteiger partial charge on any atom is -0.388 e. The molecular formula is C49H76F3NO17. The number of rotatable bonds is 11. The van der Waals surface area contributed by atoms with Gasteiger partial charge in [-0.25, -0.2) is 0 Å². The second kappa shape index (κ2) is 20.1. The number of carbonyl (C=O) groups is 1. The normalized spacial score (nSPS) is 52.6. The quantitative estimate of drug-likeness (QED) is 0.109. The highest BCUT2D eigenvalue weighted by atomic mass is 19.4. The van der Waals surface area contributed by atoms with E-state index in [1.165, 1.54) is 19.4 Å². The zero-order valence-corrected chi connectivity index (χ0v) is 40.9. The predicted molar refractivity (Wildman–Crippen MR) is 236 cm³/mol. The van der Waals surface area contributed by atoms with Gasteiger partial charge in [0, 0.05) is 18.9 Å². The molecule has 4 aliphatic carbocycles. The van der Waals surface area contributed by atoms with E-state index in [9.17, 15) is 53.7 Å². The molecule has 18 nitrogen and oxygen atoms in total. The van der Waals surface area contributed by atoms with Crippen LogP contribution in [-0.2, 0) is 47.4 Å². The molecule has 0 bridgehead atoms. The van der Waals surface area contributed by atoms with E-state index >= 15 is 0 Å². The summed E-state index contributed by atoms with van der Waals surface area (Å²) in [5, 5.41) is 78.2. The molecule has 1 amide bonds. The molecule has 5 saturated heterocycles. The molecule has 0 aromatic heterocycles. The molecule has 0 radical (unpaired) electrons. The number of nitrogens with one attached hydrogen (secondary N) is 1. The van der Waals surface area contributed by atoms with E-state index in [4.69, 9.17) is 42.6 Å². The van der Waals surface area contributed by atoms with Crippen LogP contribution in [0.5, 0.6) is 0 Å². The van der Waals surface area contributed by atoms with Gasteiger partial charge in [0.15, 0.2) is 24.7 Å². The molecule has 0 aromatic carbocycles. The van der Waals surface area contributed by atoms with Crippen molar-refractivity contribution in [3.63, 3.8) is 0 Å². The molecular weight excluding hydrogens is 932 g/mol. The third kappa shape index (κ3) is 9.54. The standard InChI is InChI=1S/C49H76F3NO17/c1-21-9-14-48(63-19-21)22(2)32-30(70-48)18-29-27-8-7-25-17-26(10-12-46(25,5)28(27)11-13-47(29,32)6)66-44-41(69-43-38(59)36(57)34(55)24(4)65-43)39(60)40(68-42-37(58)35(56)33(54)23(3)64-42)31(67-44)20-62-16-15-53-45(61)49(50,51)52/h7,21-24,26-44,54-60H,8-20H2,1-6H3,(H,53,61)/t21-,22+,23+,24+,26+,27-,28+,29+,30+,31-,32+,33+,34+,35-,36-,37-,38-,39+,40-,41-,42+,43+,44-,46+,47+,48-/m1/s1. The molecule has 9 aliphatic rings. The fraction of sp³-hybridized carbons (Fsp3) is 0.939. The molecule has 21 heteroatoms. The summed E-state index contributed by atoms with van der Waals surface area (Å²) in [5.74, 6) is 0.0750. The molecule has 70 heavy (non-hydrogen) atoms. The van der Waals surface area contributed by atoms with Crippen LogP contribution in [0.4, 0.5) is 13.2 Å². The Bertz CT molecular complexity index is 1880. The van der Waals surface area contributed by atoms with Crippen LogP contribution in [0.15, 0.2) is 11.6 Å². The summed E-state index contributed by atoms with van der Waals surface area (Å²) in [6.45, 7) is 11.6. The van der Waals surface area contributed by atoms with E-state index in [0.29, 0.717) is 48.3 Å². The van der Waals surface area contributed by atoms with Crippen molar-refractivity contribution in [3.8, 4) is 0 Å². The molecule has 0 aromatic rings. The maximum atomic E-state index is 12.9. The predicted octanol–water partition coefficient (Wildman–Crippen LogP) is 1.94. The second-order valence-corrected chi connectivity index (χ2v) is 22.7. The van der Waals surface area contributed by atoms with Gasteiger partial charge >= 0.3 is 12.1 Å². The third-order valence-corrected chi connectivity index (χ3v) is 18.5. The molecule has 400 valence electrons. The number of alkyl halides is 3. The molecule has 8 fully saturated rings. The van der Waals surface area contributed by atoms with Gasteiger partial charge in [0.05, 0.1) is 44.2 Å². The third-order valence-electron chi connectivity index (χ3n) is 18.5. The summed E-state index contributed by atoms with van der Waals surface area (Å²) in [6.07, 6.45) is -18.1. The first-order chi connectivity index (χ1) is 33.0. The largest absolute Gasteiger partial charge is 0.471 e. The topological polar surface area (TPSA) is 254 Å². The Morgan fingerprint density at radius 1 is 0.771 bits per heavy atom. The van der Waals surface area contributed by atoms with Crippen molar-refractivity contribution in [2.45, 2.75) is 216 Å². The van der Waals surface area contributed by atoms with E-state index in [0.717, 1.165) is 51.6 Å². The fourth-order valence-corrected chi connectivity index (χ4v) is 14.5. The highest BCUT2D eigenvalue weighted by Crippen LogP contribution is 2.70. The summed E-state index contributed by atoms with van der Waals surface area (Å²) < 4.78 is 95.0. The van der Waals surface area contributed by atoms with Gasteiger partial charge in [-0.05, 0) is 106 Å². The van der Waals surface area contributed by atoms with Gasteiger partial charge in [-0.15, -0.1) is 0 Å². The van der Waals surface area contributed by atoms with Gasteiger partial charge < -0.3 is 83.7 Å². The zero-order chi connectivity index (χ0) is 50.4. The summed E-state index contributed by atoms with van der Waals surface area (Å²) in [6, 6.07) is 0. The monoisotopic (exact) mass is 1010 g/mol. The Morgan fingerprint density at radius 2 is 1.43 bits per heavy atom. The van der Waals surface area contributed by atoms with E-state index in [-0.39, 0.29) is 16.9 Å². The number of amides is 1. The lowest BCUT2D eigenvalue weighted by Gasteiger charge is -2.59. The van der Waals surface area contributed by atoms with Crippen molar-refractivity contribution < 1.29 is 96.3 Å². The summed E-state index contributed by atoms with van der Waals surface area (Å²) >= 11 is 0. The minimum atomic E-state index is -5.12.